The van der Waals surface area contributed by atoms with Crippen LogP contribution in [0.1, 0.15) is 19.4 Å². The minimum absolute atomic E-state index is 0.716. The molecule has 104 valence electrons. The van der Waals surface area contributed by atoms with E-state index in [9.17, 15) is 0 Å². The molecule has 4 heteroatoms. The summed E-state index contributed by atoms with van der Waals surface area (Å²) in [5.74, 6) is 0.716. The number of aromatic amines is 1. The molecule has 0 fully saturated rings. The summed E-state index contributed by atoms with van der Waals surface area (Å²) in [5.41, 5.74) is 2.44. The number of nitrogens with zero attached hydrogens (tertiary/aromatic N) is 2. The molecule has 0 aliphatic carbocycles. The number of aromatic nitrogens is 2. The largest absolute Gasteiger partial charge is 0.315 e. The van der Waals surface area contributed by atoms with Gasteiger partial charge in [-0.25, -0.2) is 0 Å². The third-order valence-electron chi connectivity index (χ3n) is 3.18. The molecule has 2 N–H and O–H groups in total. The monoisotopic (exact) mass is 260 g/mol. The van der Waals surface area contributed by atoms with Crippen LogP contribution in [0.2, 0.25) is 0 Å². The quantitative estimate of drug-likeness (QED) is 0.750. The Kier molecular flexibility index (Phi) is 4.93. The molecule has 1 aromatic carbocycles. The van der Waals surface area contributed by atoms with E-state index < -0.39 is 0 Å². The van der Waals surface area contributed by atoms with Crippen molar-refractivity contribution in [2.45, 2.75) is 20.4 Å². The van der Waals surface area contributed by atoms with Gasteiger partial charge in [-0.1, -0.05) is 26.0 Å². The first kappa shape index (κ1) is 14.0. The van der Waals surface area contributed by atoms with Gasteiger partial charge in [-0.2, -0.15) is 5.10 Å². The predicted molar refractivity (Wildman–Crippen MR) is 80.1 cm³/mol. The minimum Gasteiger partial charge on any atom is -0.315 e. The standard InChI is InChI=1S/C15H24N4/c1-12(2)9-16-6-7-19(3)11-13-4-5-14-10-17-18-15(14)8-13/h4-5,8,10,12,16H,6-7,9,11H2,1-3H3,(H,17,18). The number of H-pyrrole nitrogens is 1. The van der Waals surface area contributed by atoms with Gasteiger partial charge >= 0.3 is 0 Å². The minimum atomic E-state index is 0.716. The molecule has 0 bridgehead atoms. The molecule has 0 radical (unpaired) electrons. The molecule has 0 amide bonds. The summed E-state index contributed by atoms with van der Waals surface area (Å²) in [5, 5.41) is 11.7. The van der Waals surface area contributed by atoms with Crippen molar-refractivity contribution in [3.8, 4) is 0 Å². The number of fused-ring (bicyclic) bond motifs is 1. The molecule has 19 heavy (non-hydrogen) atoms. The van der Waals surface area contributed by atoms with Gasteiger partial charge in [0.15, 0.2) is 0 Å². The normalized spacial score (nSPS) is 11.8. The lowest BCUT2D eigenvalue weighted by atomic mass is 10.1. The Labute approximate surface area is 115 Å². The first-order valence-electron chi connectivity index (χ1n) is 6.96. The van der Waals surface area contributed by atoms with Gasteiger partial charge in [-0.15, -0.1) is 0 Å². The van der Waals surface area contributed by atoms with E-state index in [4.69, 9.17) is 0 Å². The van der Waals surface area contributed by atoms with E-state index in [1.807, 2.05) is 6.20 Å². The van der Waals surface area contributed by atoms with Gasteiger partial charge in [0.25, 0.3) is 0 Å². The van der Waals surface area contributed by atoms with E-state index in [1.54, 1.807) is 0 Å². The van der Waals surface area contributed by atoms with Crippen molar-refractivity contribution in [1.82, 2.24) is 20.4 Å². The Morgan fingerprint density at radius 1 is 1.37 bits per heavy atom. The fourth-order valence-electron chi connectivity index (χ4n) is 2.13. The fourth-order valence-corrected chi connectivity index (χ4v) is 2.13. The number of hydrogen-bond acceptors (Lipinski definition) is 3. The molecule has 0 aliphatic heterocycles. The average Bonchev–Trinajstić information content (AvgIpc) is 2.82. The van der Waals surface area contributed by atoms with Crippen molar-refractivity contribution in [2.75, 3.05) is 26.7 Å². The van der Waals surface area contributed by atoms with Crippen LogP contribution in [-0.4, -0.2) is 41.8 Å². The van der Waals surface area contributed by atoms with Crippen molar-refractivity contribution in [3.63, 3.8) is 0 Å². The lowest BCUT2D eigenvalue weighted by Gasteiger charge is -2.17. The molecule has 0 saturated carbocycles. The van der Waals surface area contributed by atoms with Crippen LogP contribution >= 0.6 is 0 Å². The zero-order valence-corrected chi connectivity index (χ0v) is 12.1. The molecule has 2 rings (SSSR count). The Morgan fingerprint density at radius 2 is 2.21 bits per heavy atom. The molecule has 0 saturated heterocycles. The van der Waals surface area contributed by atoms with Gasteiger partial charge in [0, 0.05) is 25.0 Å². The van der Waals surface area contributed by atoms with Crippen LogP contribution in [0, 0.1) is 5.92 Å². The summed E-state index contributed by atoms with van der Waals surface area (Å²) in [6.07, 6.45) is 1.86. The summed E-state index contributed by atoms with van der Waals surface area (Å²) >= 11 is 0. The first-order chi connectivity index (χ1) is 9.15. The number of likely N-dealkylation sites (N-methyl/N-ethyl adjacent to an activating group) is 1. The second kappa shape index (κ2) is 6.68. The van der Waals surface area contributed by atoms with Crippen molar-refractivity contribution in [3.05, 3.63) is 30.0 Å². The van der Waals surface area contributed by atoms with E-state index in [-0.39, 0.29) is 0 Å². The van der Waals surface area contributed by atoms with Crippen LogP contribution < -0.4 is 5.32 Å². The summed E-state index contributed by atoms with van der Waals surface area (Å²) in [4.78, 5) is 2.34. The number of hydrogen-bond donors (Lipinski definition) is 2. The summed E-state index contributed by atoms with van der Waals surface area (Å²) < 4.78 is 0. The highest BCUT2D eigenvalue weighted by molar-refractivity contribution is 5.78. The Morgan fingerprint density at radius 3 is 3.00 bits per heavy atom. The molecule has 0 unspecified atom stereocenters. The van der Waals surface area contributed by atoms with Gasteiger partial charge in [0.2, 0.25) is 0 Å². The molecule has 1 aromatic heterocycles. The fraction of sp³-hybridized carbons (Fsp3) is 0.533. The van der Waals surface area contributed by atoms with E-state index in [0.29, 0.717) is 5.92 Å². The van der Waals surface area contributed by atoms with Gasteiger partial charge in [-0.05, 0) is 31.1 Å². The summed E-state index contributed by atoms with van der Waals surface area (Å²) in [6, 6.07) is 6.48. The van der Waals surface area contributed by atoms with Gasteiger partial charge < -0.3 is 10.2 Å². The number of benzene rings is 1. The van der Waals surface area contributed by atoms with Crippen molar-refractivity contribution in [1.29, 1.82) is 0 Å². The average molecular weight is 260 g/mol. The van der Waals surface area contributed by atoms with Crippen molar-refractivity contribution < 1.29 is 0 Å². The molecule has 1 heterocycles. The second-order valence-corrected chi connectivity index (χ2v) is 5.63. The SMILES string of the molecule is CC(C)CNCCN(C)Cc1ccc2cn[nH]c2c1. The number of rotatable bonds is 7. The van der Waals surface area contributed by atoms with E-state index in [0.717, 1.165) is 31.7 Å². The van der Waals surface area contributed by atoms with Crippen molar-refractivity contribution >= 4 is 10.9 Å². The van der Waals surface area contributed by atoms with Crippen LogP contribution in [0.3, 0.4) is 0 Å². The molecular formula is C15H24N4. The van der Waals surface area contributed by atoms with Gasteiger partial charge in [-0.3, -0.25) is 5.10 Å². The predicted octanol–water partition coefficient (Wildman–Crippen LogP) is 2.24. The van der Waals surface area contributed by atoms with E-state index in [1.165, 1.54) is 10.9 Å². The maximum atomic E-state index is 4.05. The molecular weight excluding hydrogens is 236 g/mol. The summed E-state index contributed by atoms with van der Waals surface area (Å²) in [6.45, 7) is 8.63. The third-order valence-corrected chi connectivity index (χ3v) is 3.18. The van der Waals surface area contributed by atoms with Crippen LogP contribution in [0.15, 0.2) is 24.4 Å². The second-order valence-electron chi connectivity index (χ2n) is 5.63. The zero-order valence-electron chi connectivity index (χ0n) is 12.1. The topological polar surface area (TPSA) is 44.0 Å². The van der Waals surface area contributed by atoms with E-state index >= 15 is 0 Å². The Balaban J connectivity index is 1.79. The number of nitrogens with one attached hydrogen (secondary N) is 2. The molecule has 2 aromatic rings. The molecule has 0 spiro atoms. The maximum absolute atomic E-state index is 4.05. The maximum Gasteiger partial charge on any atom is 0.0653 e. The molecule has 0 atom stereocenters. The van der Waals surface area contributed by atoms with Crippen LogP contribution in [0.4, 0.5) is 0 Å². The zero-order chi connectivity index (χ0) is 13.7. The smallest absolute Gasteiger partial charge is 0.0653 e. The summed E-state index contributed by atoms with van der Waals surface area (Å²) in [7, 11) is 2.16. The van der Waals surface area contributed by atoms with Crippen LogP contribution in [0.25, 0.3) is 10.9 Å². The lowest BCUT2D eigenvalue weighted by Crippen LogP contribution is -2.30. The Bertz CT molecular complexity index is 504. The lowest BCUT2D eigenvalue weighted by molar-refractivity contribution is 0.322. The third kappa shape index (κ3) is 4.33. The van der Waals surface area contributed by atoms with E-state index in [2.05, 4.69) is 59.5 Å². The highest BCUT2D eigenvalue weighted by Crippen LogP contribution is 2.13. The van der Waals surface area contributed by atoms with Gasteiger partial charge in [0.1, 0.15) is 0 Å². The molecule has 0 aliphatic rings. The highest BCUT2D eigenvalue weighted by Gasteiger charge is 2.02. The molecule has 4 nitrogen and oxygen atoms in total. The first-order valence-corrected chi connectivity index (χ1v) is 6.96. The highest BCUT2D eigenvalue weighted by atomic mass is 15.1. The van der Waals surface area contributed by atoms with Crippen LogP contribution in [-0.2, 0) is 6.54 Å². The van der Waals surface area contributed by atoms with Gasteiger partial charge in [0.05, 0.1) is 11.7 Å². The Hall–Kier alpha value is -1.39. The van der Waals surface area contributed by atoms with Crippen molar-refractivity contribution in [2.24, 2.45) is 5.92 Å². The van der Waals surface area contributed by atoms with Crippen LogP contribution in [0.5, 0.6) is 0 Å².